The van der Waals surface area contributed by atoms with Gasteiger partial charge in [-0.2, -0.15) is 0 Å². The Morgan fingerprint density at radius 3 is 2.53 bits per heavy atom. The fourth-order valence-corrected chi connectivity index (χ4v) is 7.41. The minimum Gasteiger partial charge on any atom is -0.458 e. The normalized spacial score (nSPS) is 49.6. The van der Waals surface area contributed by atoms with Gasteiger partial charge in [-0.15, -0.1) is 0 Å². The van der Waals surface area contributed by atoms with E-state index in [9.17, 15) is 24.6 Å². The van der Waals surface area contributed by atoms with Crippen LogP contribution in [0.3, 0.4) is 0 Å². The van der Waals surface area contributed by atoms with Crippen LogP contribution < -0.4 is 0 Å². The van der Waals surface area contributed by atoms with E-state index < -0.39 is 76.3 Å². The molecule has 9 atom stereocenters. The number of halogens is 2. The summed E-state index contributed by atoms with van der Waals surface area (Å²) >= 11 is 0. The van der Waals surface area contributed by atoms with Gasteiger partial charge in [0.2, 0.25) is 5.78 Å². The number of esters is 1. The standard InChI is InChI=1S/C24H30F2O6/c1-12-7-15-16-9-18(25)17-8-14(28)5-6-21(17,3)23(16,26)19(29)10-22(15,4)24(12,31)20(30)11-32-13(2)27/h5-6,8,12,15-16,18-19,29,31H,7,9-11H2,1-4H3/t12-,15-,16+,18+,19+,21+,22-,23+,24+/m1/s1. The summed E-state index contributed by atoms with van der Waals surface area (Å²) in [5.74, 6) is -3.98. The van der Waals surface area contributed by atoms with Crippen molar-refractivity contribution in [3.8, 4) is 0 Å². The summed E-state index contributed by atoms with van der Waals surface area (Å²) in [6.07, 6.45) is 0.271. The molecule has 32 heavy (non-hydrogen) atoms. The van der Waals surface area contributed by atoms with Crippen LogP contribution in [-0.2, 0) is 19.1 Å². The number of allylic oxidation sites excluding steroid dienone is 4. The number of hydrogen-bond donors (Lipinski definition) is 2. The molecule has 4 aliphatic carbocycles. The molecule has 0 aromatic carbocycles. The zero-order valence-corrected chi connectivity index (χ0v) is 18.7. The van der Waals surface area contributed by atoms with E-state index in [4.69, 9.17) is 4.74 Å². The van der Waals surface area contributed by atoms with Crippen LogP contribution in [0.2, 0.25) is 0 Å². The number of aliphatic hydroxyl groups excluding tert-OH is 1. The van der Waals surface area contributed by atoms with E-state index in [1.807, 2.05) is 0 Å². The Morgan fingerprint density at radius 1 is 1.25 bits per heavy atom. The highest BCUT2D eigenvalue weighted by atomic mass is 19.1. The Bertz CT molecular complexity index is 945. The van der Waals surface area contributed by atoms with Gasteiger partial charge in [0.1, 0.15) is 11.8 Å². The predicted molar refractivity (Wildman–Crippen MR) is 110 cm³/mol. The molecule has 0 unspecified atom stereocenters. The van der Waals surface area contributed by atoms with E-state index in [1.54, 1.807) is 13.8 Å². The number of carbonyl (C=O) groups excluding carboxylic acids is 3. The molecule has 0 aromatic rings. The molecule has 0 heterocycles. The van der Waals surface area contributed by atoms with Gasteiger partial charge in [-0.3, -0.25) is 14.4 Å². The fourth-order valence-electron chi connectivity index (χ4n) is 7.41. The molecule has 0 saturated heterocycles. The second-order valence-electron chi connectivity index (χ2n) is 10.5. The molecule has 0 spiro atoms. The second-order valence-corrected chi connectivity index (χ2v) is 10.5. The first-order valence-electron chi connectivity index (χ1n) is 11.1. The molecular formula is C24H30F2O6. The summed E-state index contributed by atoms with van der Waals surface area (Å²) in [6, 6.07) is 0. The quantitative estimate of drug-likeness (QED) is 0.638. The first-order valence-corrected chi connectivity index (χ1v) is 11.1. The lowest BCUT2D eigenvalue weighted by atomic mass is 9.44. The minimum atomic E-state index is -2.27. The third-order valence-corrected chi connectivity index (χ3v) is 9.04. The summed E-state index contributed by atoms with van der Waals surface area (Å²) < 4.78 is 37.2. The number of carbonyl (C=O) groups is 3. The van der Waals surface area contributed by atoms with Gasteiger partial charge in [0.05, 0.1) is 6.10 Å². The zero-order chi connectivity index (χ0) is 23.9. The van der Waals surface area contributed by atoms with Crippen LogP contribution >= 0.6 is 0 Å². The van der Waals surface area contributed by atoms with Crippen LogP contribution in [0.15, 0.2) is 23.8 Å². The number of alkyl halides is 2. The third kappa shape index (κ3) is 2.65. The van der Waals surface area contributed by atoms with Gasteiger partial charge in [-0.1, -0.05) is 19.9 Å². The van der Waals surface area contributed by atoms with Crippen molar-refractivity contribution in [1.82, 2.24) is 0 Å². The van der Waals surface area contributed by atoms with Crippen molar-refractivity contribution in [3.63, 3.8) is 0 Å². The molecule has 176 valence electrons. The number of fused-ring (bicyclic) bond motifs is 5. The van der Waals surface area contributed by atoms with E-state index in [-0.39, 0.29) is 24.8 Å². The Morgan fingerprint density at radius 2 is 1.91 bits per heavy atom. The lowest BCUT2D eigenvalue weighted by Gasteiger charge is -2.63. The molecule has 0 aliphatic heterocycles. The SMILES string of the molecule is CC(=O)OCC(=O)[C@@]1(O)[C@H](C)C[C@@H]2[C@@H]3C[C@H](F)C4=CC(=O)C=C[C@]4(C)[C@@]3(F)[C@@H](O)C[C@]21C. The number of aliphatic hydroxyl groups is 2. The smallest absolute Gasteiger partial charge is 0.303 e. The summed E-state index contributed by atoms with van der Waals surface area (Å²) in [5, 5.41) is 22.8. The van der Waals surface area contributed by atoms with Gasteiger partial charge in [0, 0.05) is 23.7 Å². The van der Waals surface area contributed by atoms with Gasteiger partial charge in [-0.25, -0.2) is 8.78 Å². The van der Waals surface area contributed by atoms with Gasteiger partial charge in [0.15, 0.2) is 18.1 Å². The van der Waals surface area contributed by atoms with Crippen LogP contribution in [0.25, 0.3) is 0 Å². The highest BCUT2D eigenvalue weighted by Crippen LogP contribution is 2.70. The first-order chi connectivity index (χ1) is 14.7. The molecule has 0 radical (unpaired) electrons. The number of ketones is 2. The van der Waals surface area contributed by atoms with Gasteiger partial charge < -0.3 is 14.9 Å². The number of Topliss-reactive ketones (excluding diaryl/α,β-unsaturated/α-hetero) is 1. The Kier molecular flexibility index (Phi) is 5.11. The molecule has 4 aliphatic rings. The lowest BCUT2D eigenvalue weighted by Crippen LogP contribution is -2.70. The summed E-state index contributed by atoms with van der Waals surface area (Å²) in [6.45, 7) is 5.34. The highest BCUT2D eigenvalue weighted by Gasteiger charge is 2.76. The van der Waals surface area contributed by atoms with Crippen molar-refractivity contribution in [3.05, 3.63) is 23.8 Å². The van der Waals surface area contributed by atoms with Crippen LogP contribution in [0.4, 0.5) is 8.78 Å². The number of hydrogen-bond acceptors (Lipinski definition) is 6. The van der Waals surface area contributed by atoms with Crippen LogP contribution in [0.5, 0.6) is 0 Å². The van der Waals surface area contributed by atoms with Crippen LogP contribution in [0.1, 0.15) is 47.0 Å². The molecular weight excluding hydrogens is 422 g/mol. The van der Waals surface area contributed by atoms with Crippen molar-refractivity contribution in [2.75, 3.05) is 6.61 Å². The van der Waals surface area contributed by atoms with Gasteiger partial charge >= 0.3 is 5.97 Å². The Balaban J connectivity index is 1.79. The van der Waals surface area contributed by atoms with E-state index in [1.165, 1.54) is 19.1 Å². The third-order valence-electron chi connectivity index (χ3n) is 9.04. The van der Waals surface area contributed by atoms with Gasteiger partial charge in [-0.05, 0) is 55.7 Å². The molecule has 6 nitrogen and oxygen atoms in total. The monoisotopic (exact) mass is 452 g/mol. The molecule has 2 N–H and O–H groups in total. The predicted octanol–water partition coefficient (Wildman–Crippen LogP) is 2.41. The molecule has 3 saturated carbocycles. The second kappa shape index (κ2) is 7.03. The number of ether oxygens (including phenoxy) is 1. The van der Waals surface area contributed by atoms with Crippen LogP contribution in [0, 0.1) is 28.6 Å². The Labute approximate surface area is 185 Å². The maximum absolute atomic E-state index is 17.0. The minimum absolute atomic E-state index is 0.0265. The van der Waals surface area contributed by atoms with Crippen LogP contribution in [-0.4, -0.2) is 57.9 Å². The average molecular weight is 452 g/mol. The van der Waals surface area contributed by atoms with Crippen molar-refractivity contribution in [1.29, 1.82) is 0 Å². The van der Waals surface area contributed by atoms with E-state index in [2.05, 4.69) is 0 Å². The van der Waals surface area contributed by atoms with E-state index >= 15 is 8.78 Å². The van der Waals surface area contributed by atoms with Crippen molar-refractivity contribution >= 4 is 17.5 Å². The fraction of sp³-hybridized carbons (Fsp3) is 0.708. The topological polar surface area (TPSA) is 101 Å². The van der Waals surface area contributed by atoms with Crippen molar-refractivity contribution in [2.45, 2.75) is 70.5 Å². The highest BCUT2D eigenvalue weighted by molar-refractivity contribution is 6.01. The van der Waals surface area contributed by atoms with Gasteiger partial charge in [0.25, 0.3) is 0 Å². The zero-order valence-electron chi connectivity index (χ0n) is 18.7. The van der Waals surface area contributed by atoms with Crippen molar-refractivity contribution < 1.29 is 38.1 Å². The molecule has 0 aromatic heterocycles. The number of rotatable bonds is 3. The summed E-state index contributed by atoms with van der Waals surface area (Å²) in [4.78, 5) is 36.1. The summed E-state index contributed by atoms with van der Waals surface area (Å²) in [7, 11) is 0. The average Bonchev–Trinajstić information content (AvgIpc) is 2.91. The molecule has 0 bridgehead atoms. The van der Waals surface area contributed by atoms with E-state index in [0.29, 0.717) is 0 Å². The Hall–Kier alpha value is -1.93. The van der Waals surface area contributed by atoms with E-state index in [0.717, 1.165) is 13.0 Å². The first kappa shape index (κ1) is 23.2. The lowest BCUT2D eigenvalue weighted by molar-refractivity contribution is -0.224. The maximum Gasteiger partial charge on any atom is 0.303 e. The summed E-state index contributed by atoms with van der Waals surface area (Å²) in [5.41, 5.74) is -6.97. The largest absolute Gasteiger partial charge is 0.458 e. The molecule has 4 rings (SSSR count). The maximum atomic E-state index is 17.0. The van der Waals surface area contributed by atoms with Crippen molar-refractivity contribution in [2.24, 2.45) is 28.6 Å². The molecule has 0 amide bonds. The molecule has 8 heteroatoms. The molecule has 3 fully saturated rings.